The third-order valence-electron chi connectivity index (χ3n) is 2.02. The summed E-state index contributed by atoms with van der Waals surface area (Å²) >= 11 is 5.81. The second kappa shape index (κ2) is 6.83. The van der Waals surface area contributed by atoms with Gasteiger partial charge in [-0.05, 0) is 31.5 Å². The monoisotopic (exact) mass is 228 g/mol. The predicted molar refractivity (Wildman–Crippen MR) is 62.2 cm³/mol. The molecule has 0 bridgehead atoms. The molecule has 0 aliphatic heterocycles. The highest BCUT2D eigenvalue weighted by Crippen LogP contribution is 2.12. The van der Waals surface area contributed by atoms with Gasteiger partial charge in [-0.15, -0.1) is 0 Å². The van der Waals surface area contributed by atoms with Crippen LogP contribution in [0.25, 0.3) is 0 Å². The molecule has 0 saturated carbocycles. The van der Waals surface area contributed by atoms with Crippen LogP contribution in [0.5, 0.6) is 0 Å². The van der Waals surface area contributed by atoms with E-state index in [9.17, 15) is 0 Å². The van der Waals surface area contributed by atoms with Gasteiger partial charge in [-0.25, -0.2) is 0 Å². The fourth-order valence-corrected chi connectivity index (χ4v) is 1.48. The summed E-state index contributed by atoms with van der Waals surface area (Å²) in [5.74, 6) is 0. The normalized spacial score (nSPS) is 10.9. The zero-order valence-corrected chi connectivity index (χ0v) is 9.96. The van der Waals surface area contributed by atoms with Crippen LogP contribution in [0.2, 0.25) is 5.02 Å². The number of hydrogen-bond donors (Lipinski definition) is 0. The van der Waals surface area contributed by atoms with Gasteiger partial charge in [0, 0.05) is 24.7 Å². The van der Waals surface area contributed by atoms with Crippen molar-refractivity contribution in [2.75, 3.05) is 13.2 Å². The molecule has 0 aromatic heterocycles. The Hall–Kier alpha value is -0.570. The smallest absolute Gasteiger partial charge is 0.161 e. The molecule has 0 unspecified atom stereocenters. The summed E-state index contributed by atoms with van der Waals surface area (Å²) in [5.41, 5.74) is 1.17. The molecular formula is C12H17ClO2. The van der Waals surface area contributed by atoms with Gasteiger partial charge in [0.05, 0.1) is 0 Å². The number of ether oxygens (including phenoxy) is 2. The molecule has 84 valence electrons. The molecule has 15 heavy (non-hydrogen) atoms. The van der Waals surface area contributed by atoms with Crippen LogP contribution in [0.15, 0.2) is 24.3 Å². The van der Waals surface area contributed by atoms with E-state index in [1.54, 1.807) is 0 Å². The summed E-state index contributed by atoms with van der Waals surface area (Å²) in [7, 11) is 0. The van der Waals surface area contributed by atoms with Crippen molar-refractivity contribution < 1.29 is 9.47 Å². The van der Waals surface area contributed by atoms with Crippen molar-refractivity contribution in [3.05, 3.63) is 34.9 Å². The van der Waals surface area contributed by atoms with Crippen LogP contribution in [-0.2, 0) is 15.9 Å². The molecule has 0 spiro atoms. The third-order valence-corrected chi connectivity index (χ3v) is 2.27. The van der Waals surface area contributed by atoms with E-state index in [2.05, 4.69) is 0 Å². The van der Waals surface area contributed by atoms with E-state index in [0.29, 0.717) is 13.2 Å². The molecule has 0 heterocycles. The first-order valence-electron chi connectivity index (χ1n) is 5.24. The molecule has 1 aromatic rings. The van der Waals surface area contributed by atoms with Crippen LogP contribution in [0, 0.1) is 0 Å². The first-order valence-corrected chi connectivity index (χ1v) is 5.61. The van der Waals surface area contributed by atoms with Crippen LogP contribution in [0.4, 0.5) is 0 Å². The van der Waals surface area contributed by atoms with Gasteiger partial charge in [0.1, 0.15) is 0 Å². The van der Waals surface area contributed by atoms with Crippen molar-refractivity contribution in [2.45, 2.75) is 26.6 Å². The standard InChI is InChI=1S/C12H17ClO2/c1-3-14-12(15-4-2)9-10-5-7-11(13)8-6-10/h5-8,12H,3-4,9H2,1-2H3. The molecule has 0 saturated heterocycles. The average molecular weight is 229 g/mol. The molecule has 0 amide bonds. The van der Waals surface area contributed by atoms with Crippen molar-refractivity contribution in [1.82, 2.24) is 0 Å². The van der Waals surface area contributed by atoms with Crippen LogP contribution < -0.4 is 0 Å². The van der Waals surface area contributed by atoms with Gasteiger partial charge in [0.25, 0.3) is 0 Å². The van der Waals surface area contributed by atoms with Crippen molar-refractivity contribution in [3.63, 3.8) is 0 Å². The number of rotatable bonds is 6. The molecule has 0 N–H and O–H groups in total. The Labute approximate surface area is 96.2 Å². The number of benzene rings is 1. The summed E-state index contributed by atoms with van der Waals surface area (Å²) in [5, 5.41) is 0.753. The molecule has 1 rings (SSSR count). The maximum Gasteiger partial charge on any atom is 0.161 e. The maximum absolute atomic E-state index is 5.81. The van der Waals surface area contributed by atoms with Crippen LogP contribution in [0.3, 0.4) is 0 Å². The van der Waals surface area contributed by atoms with Gasteiger partial charge in [-0.1, -0.05) is 23.7 Å². The van der Waals surface area contributed by atoms with E-state index in [4.69, 9.17) is 21.1 Å². The lowest BCUT2D eigenvalue weighted by Gasteiger charge is -2.16. The molecule has 0 atom stereocenters. The Morgan fingerprint density at radius 1 is 1.07 bits per heavy atom. The van der Waals surface area contributed by atoms with Crippen LogP contribution in [0.1, 0.15) is 19.4 Å². The highest BCUT2D eigenvalue weighted by atomic mass is 35.5. The predicted octanol–water partition coefficient (Wildman–Crippen LogP) is 3.28. The third kappa shape index (κ3) is 4.65. The topological polar surface area (TPSA) is 18.5 Å². The molecule has 1 aromatic carbocycles. The zero-order valence-electron chi connectivity index (χ0n) is 9.20. The SMILES string of the molecule is CCOC(Cc1ccc(Cl)cc1)OCC. The summed E-state index contributed by atoms with van der Waals surface area (Å²) in [6.07, 6.45) is 0.611. The lowest BCUT2D eigenvalue weighted by atomic mass is 10.1. The van der Waals surface area contributed by atoms with Crippen molar-refractivity contribution in [1.29, 1.82) is 0 Å². The fraction of sp³-hybridized carbons (Fsp3) is 0.500. The van der Waals surface area contributed by atoms with E-state index in [0.717, 1.165) is 11.4 Å². The minimum Gasteiger partial charge on any atom is -0.353 e. The van der Waals surface area contributed by atoms with Crippen LogP contribution >= 0.6 is 11.6 Å². The first-order chi connectivity index (χ1) is 7.26. The average Bonchev–Trinajstić information content (AvgIpc) is 2.22. The zero-order chi connectivity index (χ0) is 11.1. The maximum atomic E-state index is 5.81. The molecule has 0 fully saturated rings. The lowest BCUT2D eigenvalue weighted by Crippen LogP contribution is -2.20. The van der Waals surface area contributed by atoms with Gasteiger partial charge in [0.2, 0.25) is 0 Å². The Morgan fingerprint density at radius 2 is 1.60 bits per heavy atom. The minimum absolute atomic E-state index is 0.152. The first kappa shape index (κ1) is 12.5. The summed E-state index contributed by atoms with van der Waals surface area (Å²) in [6.45, 7) is 5.26. The molecule has 0 aliphatic carbocycles. The molecule has 0 aliphatic rings. The second-order valence-electron chi connectivity index (χ2n) is 3.17. The van der Waals surface area contributed by atoms with Gasteiger partial charge in [0.15, 0.2) is 6.29 Å². The Morgan fingerprint density at radius 3 is 2.07 bits per heavy atom. The second-order valence-corrected chi connectivity index (χ2v) is 3.61. The molecule has 0 radical (unpaired) electrons. The van der Waals surface area contributed by atoms with E-state index in [1.165, 1.54) is 5.56 Å². The van der Waals surface area contributed by atoms with Crippen molar-refractivity contribution >= 4 is 11.6 Å². The summed E-state index contributed by atoms with van der Waals surface area (Å²) < 4.78 is 10.9. The van der Waals surface area contributed by atoms with Crippen molar-refractivity contribution in [2.24, 2.45) is 0 Å². The van der Waals surface area contributed by atoms with Gasteiger partial charge in [-0.2, -0.15) is 0 Å². The van der Waals surface area contributed by atoms with Gasteiger partial charge < -0.3 is 9.47 Å². The Kier molecular flexibility index (Phi) is 5.69. The Bertz CT molecular complexity index is 265. The van der Waals surface area contributed by atoms with Gasteiger partial charge >= 0.3 is 0 Å². The molecule has 3 heteroatoms. The van der Waals surface area contributed by atoms with E-state index >= 15 is 0 Å². The minimum atomic E-state index is -0.152. The molecule has 2 nitrogen and oxygen atoms in total. The lowest BCUT2D eigenvalue weighted by molar-refractivity contribution is -0.134. The number of hydrogen-bond acceptors (Lipinski definition) is 2. The summed E-state index contributed by atoms with van der Waals surface area (Å²) in [6, 6.07) is 7.75. The highest BCUT2D eigenvalue weighted by Gasteiger charge is 2.08. The van der Waals surface area contributed by atoms with Gasteiger partial charge in [-0.3, -0.25) is 0 Å². The highest BCUT2D eigenvalue weighted by molar-refractivity contribution is 6.30. The van der Waals surface area contributed by atoms with Crippen molar-refractivity contribution in [3.8, 4) is 0 Å². The Balaban J connectivity index is 2.53. The van der Waals surface area contributed by atoms with Crippen LogP contribution in [-0.4, -0.2) is 19.5 Å². The van der Waals surface area contributed by atoms with E-state index in [1.807, 2.05) is 38.1 Å². The number of halogens is 1. The summed E-state index contributed by atoms with van der Waals surface area (Å²) in [4.78, 5) is 0. The fourth-order valence-electron chi connectivity index (χ4n) is 1.35. The quantitative estimate of drug-likeness (QED) is 0.696. The van der Waals surface area contributed by atoms with E-state index in [-0.39, 0.29) is 6.29 Å². The molecular weight excluding hydrogens is 212 g/mol. The largest absolute Gasteiger partial charge is 0.353 e. The van der Waals surface area contributed by atoms with E-state index < -0.39 is 0 Å².